The summed E-state index contributed by atoms with van der Waals surface area (Å²) in [4.78, 5) is 32.1. The summed E-state index contributed by atoms with van der Waals surface area (Å²) in [5, 5.41) is 2.91. The highest BCUT2D eigenvalue weighted by molar-refractivity contribution is 5.93. The number of nitrogens with one attached hydrogen (secondary N) is 1. The largest absolute Gasteiger partial charge is 0.353 e. The second-order valence-electron chi connectivity index (χ2n) is 6.88. The van der Waals surface area contributed by atoms with Crippen molar-refractivity contribution in [3.05, 3.63) is 42.0 Å². The molecule has 0 saturated carbocycles. The average Bonchev–Trinajstić information content (AvgIpc) is 2.68. The summed E-state index contributed by atoms with van der Waals surface area (Å²) < 4.78 is 0. The van der Waals surface area contributed by atoms with Crippen molar-refractivity contribution in [1.29, 1.82) is 0 Å². The second-order valence-corrected chi connectivity index (χ2v) is 6.88. The van der Waals surface area contributed by atoms with Crippen molar-refractivity contribution in [2.45, 2.75) is 6.92 Å². The Labute approximate surface area is 160 Å². The maximum absolute atomic E-state index is 12.4. The summed E-state index contributed by atoms with van der Waals surface area (Å²) in [6, 6.07) is 7.74. The first-order valence-electron chi connectivity index (χ1n) is 9.22. The van der Waals surface area contributed by atoms with Crippen LogP contribution in [0, 0.1) is 6.92 Å². The smallest absolute Gasteiger partial charge is 0.270 e. The first-order chi connectivity index (χ1) is 13.0. The topological polar surface area (TPSA) is 77.5 Å². The monoisotopic (exact) mass is 369 g/mol. The van der Waals surface area contributed by atoms with Crippen LogP contribution in [0.25, 0.3) is 0 Å². The van der Waals surface area contributed by atoms with E-state index in [1.807, 2.05) is 50.3 Å². The number of carbonyl (C=O) groups is 1. The fourth-order valence-electron chi connectivity index (χ4n) is 3.02. The van der Waals surface area contributed by atoms with Gasteiger partial charge in [-0.05, 0) is 33.2 Å². The number of carbonyl (C=O) groups excluding carboxylic acids is 1. The number of likely N-dealkylation sites (N-methyl/N-ethyl adjacent to an activating group) is 1. The minimum Gasteiger partial charge on any atom is -0.353 e. The molecular formula is C19H27N7O. The number of amides is 1. The molecule has 27 heavy (non-hydrogen) atoms. The van der Waals surface area contributed by atoms with Crippen LogP contribution in [0.15, 0.2) is 30.5 Å². The molecule has 2 aromatic rings. The van der Waals surface area contributed by atoms with E-state index in [1.54, 1.807) is 6.07 Å². The van der Waals surface area contributed by atoms with Gasteiger partial charge in [0.15, 0.2) is 0 Å². The number of hydrogen-bond acceptors (Lipinski definition) is 7. The normalized spacial score (nSPS) is 14.5. The second kappa shape index (κ2) is 8.77. The zero-order chi connectivity index (χ0) is 19.2. The molecular weight excluding hydrogens is 342 g/mol. The molecule has 3 rings (SSSR count). The van der Waals surface area contributed by atoms with Crippen molar-refractivity contribution in [3.8, 4) is 0 Å². The number of aromatic nitrogens is 3. The SMILES string of the molecule is Cc1nc(C(=O)NCCN(C)C)cc(N2CCN(c3ccccn3)CC2)n1. The molecule has 0 spiro atoms. The van der Waals surface area contributed by atoms with Crippen LogP contribution in [0.2, 0.25) is 0 Å². The first-order valence-corrected chi connectivity index (χ1v) is 9.22. The van der Waals surface area contributed by atoms with Crippen LogP contribution in [-0.4, -0.2) is 79.1 Å². The fourth-order valence-corrected chi connectivity index (χ4v) is 3.02. The molecule has 0 atom stereocenters. The van der Waals surface area contributed by atoms with Crippen LogP contribution in [0.4, 0.5) is 11.6 Å². The summed E-state index contributed by atoms with van der Waals surface area (Å²) in [6.45, 7) is 6.59. The zero-order valence-corrected chi connectivity index (χ0v) is 16.2. The van der Waals surface area contributed by atoms with Crippen molar-refractivity contribution in [2.75, 3.05) is 63.2 Å². The molecule has 1 N–H and O–H groups in total. The van der Waals surface area contributed by atoms with Crippen LogP contribution >= 0.6 is 0 Å². The van der Waals surface area contributed by atoms with E-state index in [4.69, 9.17) is 0 Å². The number of anilines is 2. The minimum atomic E-state index is -0.157. The summed E-state index contributed by atoms with van der Waals surface area (Å²) in [5.41, 5.74) is 0.420. The Hall–Kier alpha value is -2.74. The molecule has 1 aliphatic rings. The maximum atomic E-state index is 12.4. The average molecular weight is 369 g/mol. The van der Waals surface area contributed by atoms with Gasteiger partial charge in [0.2, 0.25) is 0 Å². The number of pyridine rings is 1. The Bertz CT molecular complexity index is 758. The molecule has 3 heterocycles. The molecule has 1 amide bonds. The van der Waals surface area contributed by atoms with Crippen LogP contribution in [-0.2, 0) is 0 Å². The molecule has 0 unspecified atom stereocenters. The van der Waals surface area contributed by atoms with E-state index in [-0.39, 0.29) is 5.91 Å². The third kappa shape index (κ3) is 5.13. The summed E-state index contributed by atoms with van der Waals surface area (Å²) in [5.74, 6) is 2.26. The van der Waals surface area contributed by atoms with E-state index in [2.05, 4.69) is 30.1 Å². The predicted octanol–water partition coefficient (Wildman–Crippen LogP) is 0.798. The van der Waals surface area contributed by atoms with Gasteiger partial charge in [0, 0.05) is 51.5 Å². The van der Waals surface area contributed by atoms with Gasteiger partial charge in [0.25, 0.3) is 5.91 Å². The van der Waals surface area contributed by atoms with Gasteiger partial charge < -0.3 is 20.0 Å². The molecule has 8 nitrogen and oxygen atoms in total. The Morgan fingerprint density at radius 1 is 1.11 bits per heavy atom. The number of rotatable bonds is 6. The van der Waals surface area contributed by atoms with E-state index >= 15 is 0 Å². The number of piperazine rings is 1. The highest BCUT2D eigenvalue weighted by Crippen LogP contribution is 2.18. The predicted molar refractivity (Wildman–Crippen MR) is 106 cm³/mol. The molecule has 1 saturated heterocycles. The van der Waals surface area contributed by atoms with Gasteiger partial charge in [-0.2, -0.15) is 0 Å². The van der Waals surface area contributed by atoms with Crippen molar-refractivity contribution in [2.24, 2.45) is 0 Å². The highest BCUT2D eigenvalue weighted by Gasteiger charge is 2.20. The minimum absolute atomic E-state index is 0.157. The summed E-state index contributed by atoms with van der Waals surface area (Å²) in [6.07, 6.45) is 1.82. The molecule has 8 heteroatoms. The van der Waals surface area contributed by atoms with Crippen LogP contribution in [0.1, 0.15) is 16.3 Å². The molecule has 0 bridgehead atoms. The van der Waals surface area contributed by atoms with E-state index in [9.17, 15) is 4.79 Å². The van der Waals surface area contributed by atoms with Crippen molar-refractivity contribution < 1.29 is 4.79 Å². The Kier molecular flexibility index (Phi) is 6.18. The zero-order valence-electron chi connectivity index (χ0n) is 16.2. The highest BCUT2D eigenvalue weighted by atomic mass is 16.1. The van der Waals surface area contributed by atoms with Crippen LogP contribution < -0.4 is 15.1 Å². The quantitative estimate of drug-likeness (QED) is 0.807. The van der Waals surface area contributed by atoms with Crippen molar-refractivity contribution in [1.82, 2.24) is 25.2 Å². The number of hydrogen-bond donors (Lipinski definition) is 1. The molecule has 0 aliphatic carbocycles. The van der Waals surface area contributed by atoms with E-state index < -0.39 is 0 Å². The van der Waals surface area contributed by atoms with Crippen molar-refractivity contribution in [3.63, 3.8) is 0 Å². The lowest BCUT2D eigenvalue weighted by atomic mass is 10.2. The lowest BCUT2D eigenvalue weighted by Crippen LogP contribution is -2.47. The Morgan fingerprint density at radius 2 is 1.81 bits per heavy atom. The van der Waals surface area contributed by atoms with E-state index in [1.165, 1.54) is 0 Å². The van der Waals surface area contributed by atoms with Gasteiger partial charge in [-0.25, -0.2) is 15.0 Å². The Balaban J connectivity index is 1.63. The standard InChI is InChI=1S/C19H27N7O/c1-15-22-16(19(27)21-8-9-24(2)3)14-18(23-15)26-12-10-25(11-13-26)17-6-4-5-7-20-17/h4-7,14H,8-13H2,1-3H3,(H,21,27). The Morgan fingerprint density at radius 3 is 2.44 bits per heavy atom. The molecule has 1 fully saturated rings. The van der Waals surface area contributed by atoms with Crippen LogP contribution in [0.3, 0.4) is 0 Å². The molecule has 2 aromatic heterocycles. The van der Waals surface area contributed by atoms with Gasteiger partial charge in [-0.3, -0.25) is 4.79 Å². The lowest BCUT2D eigenvalue weighted by Gasteiger charge is -2.36. The molecule has 0 radical (unpaired) electrons. The van der Waals surface area contributed by atoms with Gasteiger partial charge in [-0.1, -0.05) is 6.07 Å². The van der Waals surface area contributed by atoms with Gasteiger partial charge in [0.05, 0.1) is 0 Å². The maximum Gasteiger partial charge on any atom is 0.270 e. The van der Waals surface area contributed by atoms with E-state index in [0.717, 1.165) is 44.4 Å². The lowest BCUT2D eigenvalue weighted by molar-refractivity contribution is 0.0945. The third-order valence-electron chi connectivity index (χ3n) is 4.48. The summed E-state index contributed by atoms with van der Waals surface area (Å²) >= 11 is 0. The van der Waals surface area contributed by atoms with Gasteiger partial charge in [0.1, 0.15) is 23.2 Å². The molecule has 1 aliphatic heterocycles. The molecule has 144 valence electrons. The fraction of sp³-hybridized carbons (Fsp3) is 0.474. The van der Waals surface area contributed by atoms with Crippen molar-refractivity contribution >= 4 is 17.5 Å². The van der Waals surface area contributed by atoms with Gasteiger partial charge in [-0.15, -0.1) is 0 Å². The van der Waals surface area contributed by atoms with Gasteiger partial charge >= 0.3 is 0 Å². The van der Waals surface area contributed by atoms with Crippen LogP contribution in [0.5, 0.6) is 0 Å². The number of nitrogens with zero attached hydrogens (tertiary/aromatic N) is 6. The summed E-state index contributed by atoms with van der Waals surface area (Å²) in [7, 11) is 3.95. The first kappa shape index (κ1) is 19.0. The third-order valence-corrected chi connectivity index (χ3v) is 4.48. The molecule has 0 aromatic carbocycles. The van der Waals surface area contributed by atoms with E-state index in [0.29, 0.717) is 18.1 Å². The number of aryl methyl sites for hydroxylation is 1.